The van der Waals surface area contributed by atoms with Crippen LogP contribution in [0.4, 0.5) is 5.69 Å². The lowest BCUT2D eigenvalue weighted by Crippen LogP contribution is -2.20. The van der Waals surface area contributed by atoms with Crippen LogP contribution in [0.1, 0.15) is 6.92 Å². The smallest absolute Gasteiger partial charge is 0.167 e. The zero-order valence-corrected chi connectivity index (χ0v) is 7.51. The molecule has 1 N–H and O–H groups in total. The first kappa shape index (κ1) is 9.07. The monoisotopic (exact) mass is 183 g/mol. The molecule has 64 valence electrons. The van der Waals surface area contributed by atoms with Crippen molar-refractivity contribution in [3.63, 3.8) is 0 Å². The van der Waals surface area contributed by atoms with Crippen molar-refractivity contribution in [1.82, 2.24) is 0 Å². The van der Waals surface area contributed by atoms with Crippen molar-refractivity contribution in [3.8, 4) is 0 Å². The summed E-state index contributed by atoms with van der Waals surface area (Å²) in [6.45, 7) is 1.45. The number of anilines is 1. The summed E-state index contributed by atoms with van der Waals surface area (Å²) in [6.07, 6.45) is 0. The Hall–Kier alpha value is -1.02. The minimum Gasteiger partial charge on any atom is -0.363 e. The second-order valence-corrected chi connectivity index (χ2v) is 2.92. The van der Waals surface area contributed by atoms with E-state index in [9.17, 15) is 4.79 Å². The highest BCUT2D eigenvalue weighted by Gasteiger charge is 2.07. The van der Waals surface area contributed by atoms with Gasteiger partial charge in [-0.3, -0.25) is 4.79 Å². The lowest BCUT2D eigenvalue weighted by atomic mass is 10.3. The Kier molecular flexibility index (Phi) is 3.11. The van der Waals surface area contributed by atoms with Gasteiger partial charge in [0, 0.05) is 5.69 Å². The van der Waals surface area contributed by atoms with Crippen LogP contribution in [0.3, 0.4) is 0 Å². The Labute approximate surface area is 76.5 Å². The highest BCUT2D eigenvalue weighted by Crippen LogP contribution is 2.09. The number of carbonyl (C=O) groups is 1. The van der Waals surface area contributed by atoms with E-state index < -0.39 is 5.50 Å². The molecule has 0 radical (unpaired) electrons. The van der Waals surface area contributed by atoms with E-state index in [1.54, 1.807) is 0 Å². The zero-order chi connectivity index (χ0) is 8.97. The molecule has 2 nitrogen and oxygen atoms in total. The standard InChI is InChI=1S/C9H10ClNO/c1-7(12)9(10)11-8-5-3-2-4-6-8/h2-6,9,11H,1H3. The van der Waals surface area contributed by atoms with Gasteiger partial charge < -0.3 is 5.32 Å². The summed E-state index contributed by atoms with van der Waals surface area (Å²) < 4.78 is 0. The van der Waals surface area contributed by atoms with Gasteiger partial charge in [-0.25, -0.2) is 0 Å². The van der Waals surface area contributed by atoms with Crippen molar-refractivity contribution in [1.29, 1.82) is 0 Å². The van der Waals surface area contributed by atoms with E-state index >= 15 is 0 Å². The van der Waals surface area contributed by atoms with E-state index in [0.29, 0.717) is 0 Å². The summed E-state index contributed by atoms with van der Waals surface area (Å²) >= 11 is 5.69. The minimum absolute atomic E-state index is 0.0829. The van der Waals surface area contributed by atoms with Crippen LogP contribution in [0.2, 0.25) is 0 Å². The molecule has 0 saturated carbocycles. The molecule has 0 aliphatic carbocycles. The summed E-state index contributed by atoms with van der Waals surface area (Å²) in [4.78, 5) is 10.8. The summed E-state index contributed by atoms with van der Waals surface area (Å²) in [5.41, 5.74) is 0.222. The third-order valence-electron chi connectivity index (χ3n) is 1.42. The molecular weight excluding hydrogens is 174 g/mol. The number of hydrogen-bond acceptors (Lipinski definition) is 2. The largest absolute Gasteiger partial charge is 0.363 e. The van der Waals surface area contributed by atoms with Crippen LogP contribution in [0.5, 0.6) is 0 Å². The topological polar surface area (TPSA) is 29.1 Å². The maximum absolute atomic E-state index is 10.8. The molecule has 0 aromatic heterocycles. The van der Waals surface area contributed by atoms with Crippen molar-refractivity contribution in [2.75, 3.05) is 5.32 Å². The van der Waals surface area contributed by atoms with E-state index in [0.717, 1.165) is 5.69 Å². The molecule has 3 heteroatoms. The Morgan fingerprint density at radius 3 is 2.50 bits per heavy atom. The van der Waals surface area contributed by atoms with Crippen molar-refractivity contribution in [3.05, 3.63) is 30.3 Å². The SMILES string of the molecule is CC(=O)C(Cl)Nc1ccccc1. The second kappa shape index (κ2) is 4.12. The fourth-order valence-corrected chi connectivity index (χ4v) is 0.908. The van der Waals surface area contributed by atoms with Crippen molar-refractivity contribution >= 4 is 23.1 Å². The zero-order valence-electron chi connectivity index (χ0n) is 6.75. The molecule has 0 aliphatic heterocycles. The highest BCUT2D eigenvalue weighted by atomic mass is 35.5. The second-order valence-electron chi connectivity index (χ2n) is 2.48. The van der Waals surface area contributed by atoms with E-state index in [-0.39, 0.29) is 5.78 Å². The molecule has 0 amide bonds. The van der Waals surface area contributed by atoms with Gasteiger partial charge in [-0.15, -0.1) is 0 Å². The molecule has 0 bridgehead atoms. The molecule has 0 fully saturated rings. The molecule has 1 atom stereocenters. The summed E-state index contributed by atoms with van der Waals surface area (Å²) in [6, 6.07) is 9.39. The molecule has 12 heavy (non-hydrogen) atoms. The first-order valence-electron chi connectivity index (χ1n) is 3.66. The predicted molar refractivity (Wildman–Crippen MR) is 50.4 cm³/mol. The van der Waals surface area contributed by atoms with Gasteiger partial charge in [0.05, 0.1) is 0 Å². The van der Waals surface area contributed by atoms with Gasteiger partial charge in [0.2, 0.25) is 0 Å². The van der Waals surface area contributed by atoms with Crippen LogP contribution in [0.15, 0.2) is 30.3 Å². The minimum atomic E-state index is -0.632. The van der Waals surface area contributed by atoms with Gasteiger partial charge >= 0.3 is 0 Å². The number of nitrogens with one attached hydrogen (secondary N) is 1. The lowest BCUT2D eigenvalue weighted by molar-refractivity contribution is -0.116. The summed E-state index contributed by atoms with van der Waals surface area (Å²) in [5, 5.41) is 2.86. The molecule has 0 heterocycles. The van der Waals surface area contributed by atoms with Gasteiger partial charge in [0.25, 0.3) is 0 Å². The number of carbonyl (C=O) groups excluding carboxylic acids is 1. The molecule has 1 aromatic carbocycles. The van der Waals surface area contributed by atoms with Crippen LogP contribution in [0.25, 0.3) is 0 Å². The quantitative estimate of drug-likeness (QED) is 0.575. The van der Waals surface area contributed by atoms with Gasteiger partial charge in [-0.05, 0) is 19.1 Å². The number of rotatable bonds is 3. The highest BCUT2D eigenvalue weighted by molar-refractivity contribution is 6.31. The number of alkyl halides is 1. The van der Waals surface area contributed by atoms with E-state index in [1.807, 2.05) is 30.3 Å². The lowest BCUT2D eigenvalue weighted by Gasteiger charge is -2.08. The van der Waals surface area contributed by atoms with Gasteiger partial charge in [0.15, 0.2) is 11.3 Å². The first-order chi connectivity index (χ1) is 5.70. The Morgan fingerprint density at radius 1 is 1.42 bits per heavy atom. The third kappa shape index (κ3) is 2.55. The van der Waals surface area contributed by atoms with Crippen LogP contribution in [0, 0.1) is 0 Å². The number of ketones is 1. The number of benzene rings is 1. The average Bonchev–Trinajstić information content (AvgIpc) is 2.06. The molecule has 0 spiro atoms. The fourth-order valence-electron chi connectivity index (χ4n) is 0.782. The van der Waals surface area contributed by atoms with Crippen LogP contribution >= 0.6 is 11.6 Å². The third-order valence-corrected chi connectivity index (χ3v) is 1.84. The van der Waals surface area contributed by atoms with E-state index in [1.165, 1.54) is 6.92 Å². The number of hydrogen-bond donors (Lipinski definition) is 1. The maximum Gasteiger partial charge on any atom is 0.167 e. The molecule has 0 saturated heterocycles. The molecule has 1 aromatic rings. The van der Waals surface area contributed by atoms with Gasteiger partial charge in [0.1, 0.15) is 0 Å². The number of halogens is 1. The molecule has 0 aliphatic rings. The first-order valence-corrected chi connectivity index (χ1v) is 4.10. The van der Waals surface area contributed by atoms with Crippen LogP contribution < -0.4 is 5.32 Å². The van der Waals surface area contributed by atoms with E-state index in [2.05, 4.69) is 5.32 Å². The van der Waals surface area contributed by atoms with Gasteiger partial charge in [-0.2, -0.15) is 0 Å². The number of Topliss-reactive ketones (excluding diaryl/α,β-unsaturated/α-hetero) is 1. The fraction of sp³-hybridized carbons (Fsp3) is 0.222. The van der Waals surface area contributed by atoms with Crippen molar-refractivity contribution < 1.29 is 4.79 Å². The average molecular weight is 184 g/mol. The predicted octanol–water partition coefficient (Wildman–Crippen LogP) is 2.25. The normalized spacial score (nSPS) is 12.2. The van der Waals surface area contributed by atoms with Crippen LogP contribution in [-0.4, -0.2) is 11.3 Å². The van der Waals surface area contributed by atoms with E-state index in [4.69, 9.17) is 11.6 Å². The summed E-state index contributed by atoms with van der Waals surface area (Å²) in [7, 11) is 0. The molecule has 1 unspecified atom stereocenters. The Bertz CT molecular complexity index is 260. The Morgan fingerprint density at radius 2 is 2.00 bits per heavy atom. The van der Waals surface area contributed by atoms with Crippen LogP contribution in [-0.2, 0) is 4.79 Å². The van der Waals surface area contributed by atoms with Crippen molar-refractivity contribution in [2.24, 2.45) is 0 Å². The summed E-state index contributed by atoms with van der Waals surface area (Å²) in [5.74, 6) is -0.0829. The van der Waals surface area contributed by atoms with Crippen molar-refractivity contribution in [2.45, 2.75) is 12.4 Å². The van der Waals surface area contributed by atoms with Gasteiger partial charge in [-0.1, -0.05) is 29.8 Å². The molecule has 1 rings (SSSR count). The Balaban J connectivity index is 2.58. The number of para-hydroxylation sites is 1. The molecular formula is C9H10ClNO. The maximum atomic E-state index is 10.8.